The zero-order chi connectivity index (χ0) is 17.6. The molecule has 0 radical (unpaired) electrons. The van der Waals surface area contributed by atoms with Crippen molar-refractivity contribution in [2.45, 2.75) is 43.2 Å². The summed E-state index contributed by atoms with van der Waals surface area (Å²) in [5.41, 5.74) is 0.567. The highest BCUT2D eigenvalue weighted by Gasteiger charge is 2.22. The van der Waals surface area contributed by atoms with Gasteiger partial charge in [-0.1, -0.05) is 31.0 Å². The lowest BCUT2D eigenvalue weighted by Crippen LogP contribution is -2.04. The molecule has 0 bridgehead atoms. The fraction of sp³-hybridized carbons (Fsp3) is 0.500. The molecule has 3 rings (SSSR count). The fourth-order valence-corrected chi connectivity index (χ4v) is 3.68. The van der Waals surface area contributed by atoms with Crippen LogP contribution in [0.3, 0.4) is 0 Å². The number of ketones is 1. The smallest absolute Gasteiger partial charge is 0.277 e. The summed E-state index contributed by atoms with van der Waals surface area (Å²) < 4.78 is 16.2. The van der Waals surface area contributed by atoms with E-state index in [-0.39, 0.29) is 11.5 Å². The van der Waals surface area contributed by atoms with Gasteiger partial charge in [-0.15, -0.1) is 10.2 Å². The molecule has 1 aliphatic rings. The van der Waals surface area contributed by atoms with Gasteiger partial charge < -0.3 is 13.9 Å². The van der Waals surface area contributed by atoms with E-state index in [1.165, 1.54) is 31.0 Å². The van der Waals surface area contributed by atoms with E-state index in [2.05, 4.69) is 10.2 Å². The molecule has 1 heterocycles. The van der Waals surface area contributed by atoms with Gasteiger partial charge in [0.05, 0.1) is 20.0 Å². The third-order valence-electron chi connectivity index (χ3n) is 4.41. The average Bonchev–Trinajstić information content (AvgIpc) is 3.15. The van der Waals surface area contributed by atoms with Crippen LogP contribution in [0, 0.1) is 0 Å². The van der Waals surface area contributed by atoms with E-state index in [9.17, 15) is 4.79 Å². The number of aromatic nitrogens is 2. The fourth-order valence-electron chi connectivity index (χ4n) is 3.01. The molecule has 1 aliphatic carbocycles. The highest BCUT2D eigenvalue weighted by atomic mass is 32.2. The summed E-state index contributed by atoms with van der Waals surface area (Å²) in [5, 5.41) is 8.68. The van der Waals surface area contributed by atoms with Gasteiger partial charge >= 0.3 is 0 Å². The van der Waals surface area contributed by atoms with Gasteiger partial charge in [-0.25, -0.2) is 0 Å². The Morgan fingerprint density at radius 2 is 1.92 bits per heavy atom. The van der Waals surface area contributed by atoms with Crippen LogP contribution in [0.5, 0.6) is 11.5 Å². The van der Waals surface area contributed by atoms with Gasteiger partial charge in [0.1, 0.15) is 0 Å². The van der Waals surface area contributed by atoms with E-state index < -0.39 is 0 Å². The topological polar surface area (TPSA) is 74.5 Å². The Morgan fingerprint density at radius 3 is 2.64 bits per heavy atom. The SMILES string of the molecule is COc1ccc(C(=O)CSc2nnc(C3CCCCC3)o2)cc1OC. The van der Waals surface area contributed by atoms with E-state index >= 15 is 0 Å². The van der Waals surface area contributed by atoms with E-state index in [0.29, 0.717) is 34.1 Å². The molecule has 1 aromatic heterocycles. The van der Waals surface area contributed by atoms with E-state index in [0.717, 1.165) is 12.8 Å². The molecular formula is C18H22N2O4S. The van der Waals surface area contributed by atoms with Crippen LogP contribution >= 0.6 is 11.8 Å². The van der Waals surface area contributed by atoms with Crippen LogP contribution < -0.4 is 9.47 Å². The Morgan fingerprint density at radius 1 is 1.16 bits per heavy atom. The van der Waals surface area contributed by atoms with Crippen molar-refractivity contribution >= 4 is 17.5 Å². The zero-order valence-electron chi connectivity index (χ0n) is 14.5. The van der Waals surface area contributed by atoms with Crippen LogP contribution in [0.15, 0.2) is 27.8 Å². The second-order valence-electron chi connectivity index (χ2n) is 6.02. The summed E-state index contributed by atoms with van der Waals surface area (Å²) in [6.07, 6.45) is 5.93. The number of thioether (sulfide) groups is 1. The molecule has 0 spiro atoms. The third kappa shape index (κ3) is 4.34. The number of methoxy groups -OCH3 is 2. The largest absolute Gasteiger partial charge is 0.493 e. The number of nitrogens with zero attached hydrogens (tertiary/aromatic N) is 2. The highest BCUT2D eigenvalue weighted by molar-refractivity contribution is 7.99. The van der Waals surface area contributed by atoms with Crippen LogP contribution in [0.1, 0.15) is 54.3 Å². The molecule has 6 nitrogen and oxygen atoms in total. The molecule has 2 aromatic rings. The first kappa shape index (κ1) is 17.8. The third-order valence-corrected chi connectivity index (χ3v) is 5.23. The summed E-state index contributed by atoms with van der Waals surface area (Å²) in [6, 6.07) is 5.14. The number of ether oxygens (including phenoxy) is 2. The lowest BCUT2D eigenvalue weighted by molar-refractivity contribution is 0.102. The second-order valence-corrected chi connectivity index (χ2v) is 6.95. The summed E-state index contributed by atoms with van der Waals surface area (Å²) in [4.78, 5) is 12.4. The number of rotatable bonds is 7. The molecule has 25 heavy (non-hydrogen) atoms. The molecule has 0 atom stereocenters. The van der Waals surface area contributed by atoms with Crippen LogP contribution in [0.2, 0.25) is 0 Å². The number of benzene rings is 1. The number of hydrogen-bond acceptors (Lipinski definition) is 7. The zero-order valence-corrected chi connectivity index (χ0v) is 15.3. The van der Waals surface area contributed by atoms with Crippen molar-refractivity contribution in [3.8, 4) is 11.5 Å². The Bertz CT molecular complexity index is 726. The first-order valence-electron chi connectivity index (χ1n) is 8.42. The number of carbonyl (C=O) groups is 1. The van der Waals surface area contributed by atoms with E-state index in [1.807, 2.05) is 0 Å². The first-order chi connectivity index (χ1) is 12.2. The Kier molecular flexibility index (Phi) is 5.96. The molecule has 0 amide bonds. The Balaban J connectivity index is 1.60. The van der Waals surface area contributed by atoms with Crippen LogP contribution in [-0.4, -0.2) is 36.0 Å². The molecule has 1 aromatic carbocycles. The maximum Gasteiger partial charge on any atom is 0.277 e. The van der Waals surface area contributed by atoms with Crippen LogP contribution in [0.4, 0.5) is 0 Å². The Hall–Kier alpha value is -2.02. The Labute approximate surface area is 151 Å². The quantitative estimate of drug-likeness (QED) is 0.542. The molecule has 0 unspecified atom stereocenters. The monoisotopic (exact) mass is 362 g/mol. The molecule has 1 saturated carbocycles. The molecular weight excluding hydrogens is 340 g/mol. The summed E-state index contributed by atoms with van der Waals surface area (Å²) >= 11 is 1.27. The molecule has 7 heteroatoms. The molecule has 0 aliphatic heterocycles. The highest BCUT2D eigenvalue weighted by Crippen LogP contribution is 2.33. The summed E-state index contributed by atoms with van der Waals surface area (Å²) in [6.45, 7) is 0. The average molecular weight is 362 g/mol. The second kappa shape index (κ2) is 8.38. The van der Waals surface area contributed by atoms with Gasteiger partial charge in [0.2, 0.25) is 5.89 Å². The van der Waals surface area contributed by atoms with Crippen molar-refractivity contribution in [3.05, 3.63) is 29.7 Å². The van der Waals surface area contributed by atoms with Gasteiger partial charge in [-0.05, 0) is 31.0 Å². The lowest BCUT2D eigenvalue weighted by atomic mass is 9.89. The van der Waals surface area contributed by atoms with Crippen molar-refractivity contribution in [1.82, 2.24) is 10.2 Å². The minimum Gasteiger partial charge on any atom is -0.493 e. The van der Waals surface area contributed by atoms with E-state index in [1.54, 1.807) is 32.4 Å². The maximum absolute atomic E-state index is 12.4. The number of hydrogen-bond donors (Lipinski definition) is 0. The predicted octanol–water partition coefficient (Wildman–Crippen LogP) is 4.11. The molecule has 0 saturated heterocycles. The number of Topliss-reactive ketones (excluding diaryl/α,β-unsaturated/α-hetero) is 1. The normalized spacial score (nSPS) is 15.1. The molecule has 1 fully saturated rings. The molecule has 0 N–H and O–H groups in total. The molecule has 134 valence electrons. The van der Waals surface area contributed by atoms with Crippen molar-refractivity contribution in [1.29, 1.82) is 0 Å². The van der Waals surface area contributed by atoms with Crippen molar-refractivity contribution in [3.63, 3.8) is 0 Å². The summed E-state index contributed by atoms with van der Waals surface area (Å²) in [7, 11) is 3.11. The standard InChI is InChI=1S/C18H22N2O4S/c1-22-15-9-8-13(10-16(15)23-2)14(21)11-25-18-20-19-17(24-18)12-6-4-3-5-7-12/h8-10,12H,3-7,11H2,1-2H3. The van der Waals surface area contributed by atoms with Crippen molar-refractivity contribution in [2.75, 3.05) is 20.0 Å². The van der Waals surface area contributed by atoms with Gasteiger partial charge in [0.15, 0.2) is 17.3 Å². The lowest BCUT2D eigenvalue weighted by Gasteiger charge is -2.17. The predicted molar refractivity (Wildman–Crippen MR) is 94.7 cm³/mol. The van der Waals surface area contributed by atoms with Crippen molar-refractivity contribution in [2.24, 2.45) is 0 Å². The van der Waals surface area contributed by atoms with Crippen LogP contribution in [-0.2, 0) is 0 Å². The number of carbonyl (C=O) groups excluding carboxylic acids is 1. The summed E-state index contributed by atoms with van der Waals surface area (Å²) in [5.74, 6) is 2.43. The van der Waals surface area contributed by atoms with Gasteiger partial charge in [-0.3, -0.25) is 4.79 Å². The van der Waals surface area contributed by atoms with E-state index in [4.69, 9.17) is 13.9 Å². The van der Waals surface area contributed by atoms with Gasteiger partial charge in [0.25, 0.3) is 5.22 Å². The first-order valence-corrected chi connectivity index (χ1v) is 9.41. The maximum atomic E-state index is 12.4. The van der Waals surface area contributed by atoms with Crippen molar-refractivity contribution < 1.29 is 18.7 Å². The van der Waals surface area contributed by atoms with Gasteiger partial charge in [-0.2, -0.15) is 0 Å². The van der Waals surface area contributed by atoms with Crippen LogP contribution in [0.25, 0.3) is 0 Å². The minimum absolute atomic E-state index is 0.0247. The van der Waals surface area contributed by atoms with Gasteiger partial charge in [0, 0.05) is 11.5 Å². The minimum atomic E-state index is -0.0247.